The number of ether oxygens (including phenoxy) is 1. The van der Waals surface area contributed by atoms with Gasteiger partial charge in [-0.1, -0.05) is 24.0 Å². The van der Waals surface area contributed by atoms with E-state index in [4.69, 9.17) is 4.74 Å². The van der Waals surface area contributed by atoms with E-state index in [0.717, 1.165) is 20.9 Å². The number of aromatic nitrogens is 3. The van der Waals surface area contributed by atoms with E-state index >= 15 is 0 Å². The van der Waals surface area contributed by atoms with Gasteiger partial charge in [-0.3, -0.25) is 0 Å². The molecule has 0 atom stereocenters. The molecule has 0 bridgehead atoms. The second-order valence-electron chi connectivity index (χ2n) is 4.15. The summed E-state index contributed by atoms with van der Waals surface area (Å²) in [6.45, 7) is 3.96. The van der Waals surface area contributed by atoms with Gasteiger partial charge in [0.05, 0.1) is 11.8 Å². The highest BCUT2D eigenvalue weighted by Gasteiger charge is 2.10. The molecule has 1 aromatic carbocycles. The van der Waals surface area contributed by atoms with Crippen molar-refractivity contribution in [3.63, 3.8) is 0 Å². The van der Waals surface area contributed by atoms with Crippen molar-refractivity contribution < 1.29 is 4.74 Å². The fourth-order valence-electron chi connectivity index (χ4n) is 1.84. The molecule has 2 heterocycles. The zero-order chi connectivity index (χ0) is 14.7. The summed E-state index contributed by atoms with van der Waals surface area (Å²) in [5, 5.41) is 10.0. The van der Waals surface area contributed by atoms with E-state index in [9.17, 15) is 5.26 Å². The molecule has 0 amide bonds. The number of hydrogen-bond donors (Lipinski definition) is 0. The van der Waals surface area contributed by atoms with Crippen LogP contribution in [0.5, 0.6) is 5.75 Å². The Labute approximate surface area is 125 Å². The summed E-state index contributed by atoms with van der Waals surface area (Å²) >= 11 is 1.46. The summed E-state index contributed by atoms with van der Waals surface area (Å²) in [5.41, 5.74) is 2.09. The minimum absolute atomic E-state index is 0.366. The van der Waals surface area contributed by atoms with Crippen LogP contribution in [-0.2, 0) is 0 Å². The Morgan fingerprint density at radius 2 is 2.33 bits per heavy atom. The van der Waals surface area contributed by atoms with Crippen LogP contribution in [0.2, 0.25) is 0 Å². The van der Waals surface area contributed by atoms with Gasteiger partial charge in [-0.25, -0.2) is 15.0 Å². The van der Waals surface area contributed by atoms with Gasteiger partial charge in [-0.15, -0.1) is 0 Å². The highest BCUT2D eigenvalue weighted by Crippen LogP contribution is 2.31. The molecule has 21 heavy (non-hydrogen) atoms. The van der Waals surface area contributed by atoms with E-state index in [0.29, 0.717) is 17.9 Å². The van der Waals surface area contributed by atoms with Gasteiger partial charge in [0.2, 0.25) is 0 Å². The molecule has 6 heteroatoms. The monoisotopic (exact) mass is 294 g/mol. The lowest BCUT2D eigenvalue weighted by atomic mass is 10.1. The lowest BCUT2D eigenvalue weighted by Crippen LogP contribution is -1.95. The van der Waals surface area contributed by atoms with Crippen molar-refractivity contribution >= 4 is 21.7 Å². The zero-order valence-electron chi connectivity index (χ0n) is 11.0. The number of fused-ring (bicyclic) bond motifs is 1. The molecule has 0 fully saturated rings. The molecule has 0 saturated carbocycles. The Bertz CT molecular complexity index is 817. The van der Waals surface area contributed by atoms with Crippen LogP contribution in [0, 0.1) is 11.3 Å². The zero-order valence-corrected chi connectivity index (χ0v) is 11.8. The van der Waals surface area contributed by atoms with Crippen molar-refractivity contribution in [1.82, 2.24) is 15.0 Å². The van der Waals surface area contributed by atoms with Crippen LogP contribution in [0.1, 0.15) is 5.56 Å². The van der Waals surface area contributed by atoms with Crippen LogP contribution < -0.4 is 4.74 Å². The van der Waals surface area contributed by atoms with E-state index in [1.165, 1.54) is 17.7 Å². The summed E-state index contributed by atoms with van der Waals surface area (Å²) in [4.78, 5) is 13.4. The summed E-state index contributed by atoms with van der Waals surface area (Å²) in [5.74, 6) is 0.544. The topological polar surface area (TPSA) is 71.7 Å². The molecule has 0 aliphatic heterocycles. The van der Waals surface area contributed by atoms with Gasteiger partial charge in [-0.2, -0.15) is 5.26 Å². The van der Waals surface area contributed by atoms with Crippen molar-refractivity contribution in [3.05, 3.63) is 48.9 Å². The second-order valence-corrected chi connectivity index (χ2v) is 5.13. The fourth-order valence-corrected chi connectivity index (χ4v) is 2.71. The first-order valence-corrected chi connectivity index (χ1v) is 6.98. The normalized spacial score (nSPS) is 10.2. The summed E-state index contributed by atoms with van der Waals surface area (Å²) in [7, 11) is 0. The highest BCUT2D eigenvalue weighted by molar-refractivity contribution is 7.21. The van der Waals surface area contributed by atoms with Gasteiger partial charge >= 0.3 is 0 Å². The maximum Gasteiger partial charge on any atom is 0.147 e. The Hall–Kier alpha value is -2.78. The molecule has 0 unspecified atom stereocenters. The number of thiazole rings is 1. The average Bonchev–Trinajstić information content (AvgIpc) is 2.96. The molecule has 0 aliphatic carbocycles. The lowest BCUT2D eigenvalue weighted by Gasteiger charge is -2.06. The van der Waals surface area contributed by atoms with Crippen LogP contribution in [0.3, 0.4) is 0 Å². The van der Waals surface area contributed by atoms with Crippen LogP contribution in [-0.4, -0.2) is 21.6 Å². The summed E-state index contributed by atoms with van der Waals surface area (Å²) in [6, 6.07) is 7.56. The minimum Gasteiger partial charge on any atom is -0.488 e. The SMILES string of the molecule is C=CCOc1ccc(-c2nc3cncnc3s2)cc1C#N. The number of rotatable bonds is 4. The first kappa shape index (κ1) is 13.2. The fraction of sp³-hybridized carbons (Fsp3) is 0.0667. The molecule has 5 nitrogen and oxygen atoms in total. The van der Waals surface area contributed by atoms with E-state index in [1.807, 2.05) is 6.07 Å². The molecule has 0 radical (unpaired) electrons. The Morgan fingerprint density at radius 1 is 1.43 bits per heavy atom. The standard InChI is InChI=1S/C15H10N4OS/c1-2-5-20-13-4-3-10(6-11(13)7-16)14-19-12-8-17-9-18-15(12)21-14/h2-4,6,8-9H,1,5H2. The van der Waals surface area contributed by atoms with E-state index in [1.54, 1.807) is 24.4 Å². The van der Waals surface area contributed by atoms with Crippen molar-refractivity contribution in [2.75, 3.05) is 6.61 Å². The molecular weight excluding hydrogens is 284 g/mol. The van der Waals surface area contributed by atoms with Crippen molar-refractivity contribution in [2.24, 2.45) is 0 Å². The van der Waals surface area contributed by atoms with Gasteiger partial charge in [0, 0.05) is 5.56 Å². The molecule has 3 rings (SSSR count). The van der Waals surface area contributed by atoms with Crippen molar-refractivity contribution in [2.45, 2.75) is 0 Å². The third-order valence-electron chi connectivity index (χ3n) is 2.78. The van der Waals surface area contributed by atoms with Gasteiger partial charge in [0.25, 0.3) is 0 Å². The third kappa shape index (κ3) is 2.59. The summed E-state index contributed by atoms with van der Waals surface area (Å²) < 4.78 is 5.45. The Balaban J connectivity index is 2.02. The maximum atomic E-state index is 9.23. The number of benzene rings is 1. The molecule has 0 aliphatic rings. The highest BCUT2D eigenvalue weighted by atomic mass is 32.1. The molecule has 2 aromatic heterocycles. The molecule has 0 spiro atoms. The second kappa shape index (κ2) is 5.69. The predicted octanol–water partition coefficient (Wildman–Crippen LogP) is 3.19. The molecule has 102 valence electrons. The molecule has 3 aromatic rings. The minimum atomic E-state index is 0.366. The predicted molar refractivity (Wildman–Crippen MR) is 81.1 cm³/mol. The number of hydrogen-bond acceptors (Lipinski definition) is 6. The van der Waals surface area contributed by atoms with Crippen LogP contribution >= 0.6 is 11.3 Å². The van der Waals surface area contributed by atoms with Crippen molar-refractivity contribution in [1.29, 1.82) is 5.26 Å². The first-order valence-electron chi connectivity index (χ1n) is 6.16. The average molecular weight is 294 g/mol. The van der Waals surface area contributed by atoms with Crippen molar-refractivity contribution in [3.8, 4) is 22.4 Å². The Morgan fingerprint density at radius 3 is 3.10 bits per heavy atom. The number of nitriles is 1. The van der Waals surface area contributed by atoms with Crippen LogP contribution in [0.15, 0.2) is 43.4 Å². The third-order valence-corrected chi connectivity index (χ3v) is 3.80. The van der Waals surface area contributed by atoms with Gasteiger partial charge in [0.1, 0.15) is 40.1 Å². The van der Waals surface area contributed by atoms with Gasteiger partial charge in [0.15, 0.2) is 0 Å². The van der Waals surface area contributed by atoms with Crippen LogP contribution in [0.25, 0.3) is 20.9 Å². The number of nitrogens with zero attached hydrogens (tertiary/aromatic N) is 4. The lowest BCUT2D eigenvalue weighted by molar-refractivity contribution is 0.362. The first-order chi connectivity index (χ1) is 10.3. The van der Waals surface area contributed by atoms with Gasteiger partial charge in [-0.05, 0) is 18.2 Å². The van der Waals surface area contributed by atoms with Gasteiger partial charge < -0.3 is 4.74 Å². The quantitative estimate of drug-likeness (QED) is 0.691. The largest absolute Gasteiger partial charge is 0.488 e. The molecule has 0 saturated heterocycles. The summed E-state index contributed by atoms with van der Waals surface area (Å²) in [6.07, 6.45) is 4.81. The van der Waals surface area contributed by atoms with E-state index in [-0.39, 0.29) is 0 Å². The Kier molecular flexibility index (Phi) is 3.58. The maximum absolute atomic E-state index is 9.23. The van der Waals surface area contributed by atoms with E-state index < -0.39 is 0 Å². The molecule has 0 N–H and O–H groups in total. The van der Waals surface area contributed by atoms with E-state index in [2.05, 4.69) is 27.6 Å². The smallest absolute Gasteiger partial charge is 0.147 e. The van der Waals surface area contributed by atoms with Crippen LogP contribution in [0.4, 0.5) is 0 Å². The molecular formula is C15H10N4OS.